The van der Waals surface area contributed by atoms with Gasteiger partial charge >= 0.3 is 29.6 Å². The number of hydrogen-bond donors (Lipinski definition) is 2. The predicted octanol–water partition coefficient (Wildman–Crippen LogP) is -1.19. The molecule has 0 saturated heterocycles. The van der Waals surface area contributed by atoms with Gasteiger partial charge in [0, 0.05) is 35.2 Å². The average molecular weight is 515 g/mol. The number of benzene rings is 2. The van der Waals surface area contributed by atoms with Gasteiger partial charge in [-0.25, -0.2) is 16.8 Å². The van der Waals surface area contributed by atoms with Crippen LogP contribution in [-0.2, 0) is 38.5 Å². The molecule has 0 radical (unpaired) electrons. The van der Waals surface area contributed by atoms with E-state index in [4.69, 9.17) is 0 Å². The molecule has 0 fully saturated rings. The molecule has 0 bridgehead atoms. The SMILES string of the molecule is CC1=C[NH+]2CCc3ccc(S(=O)(=O)[O-])c(c32)C1(C)C.O=S(=O)([O-])c1ccc2c(c1)NCCC2.[Na+]. The van der Waals surface area contributed by atoms with Gasteiger partial charge in [0.05, 0.1) is 22.5 Å². The smallest absolute Gasteiger partial charge is 0.744 e. The van der Waals surface area contributed by atoms with E-state index in [0.717, 1.165) is 60.4 Å². The molecule has 0 spiro atoms. The number of hydrogen-bond acceptors (Lipinski definition) is 7. The zero-order chi connectivity index (χ0) is 24.2. The summed E-state index contributed by atoms with van der Waals surface area (Å²) in [6.45, 7) is 7.73. The molecular formula is C23H27N2NaO6S2. The second kappa shape index (κ2) is 9.67. The first kappa shape index (κ1) is 27.3. The first-order chi connectivity index (χ1) is 15.3. The zero-order valence-corrected chi connectivity index (χ0v) is 23.4. The minimum atomic E-state index is -4.44. The van der Waals surface area contributed by atoms with Crippen LogP contribution >= 0.6 is 0 Å². The van der Waals surface area contributed by atoms with Crippen molar-refractivity contribution in [3.05, 3.63) is 58.8 Å². The van der Waals surface area contributed by atoms with Crippen molar-refractivity contribution in [3.8, 4) is 0 Å². The van der Waals surface area contributed by atoms with Crippen molar-refractivity contribution in [1.29, 1.82) is 0 Å². The summed E-state index contributed by atoms with van der Waals surface area (Å²) in [7, 11) is -8.77. The largest absolute Gasteiger partial charge is 1.00 e. The molecule has 2 aromatic carbocycles. The van der Waals surface area contributed by atoms with E-state index in [1.54, 1.807) is 12.1 Å². The molecule has 178 valence electrons. The Morgan fingerprint density at radius 3 is 2.29 bits per heavy atom. The summed E-state index contributed by atoms with van der Waals surface area (Å²) in [5, 5.41) is 3.07. The fourth-order valence-electron chi connectivity index (χ4n) is 4.80. The Labute approximate surface area is 223 Å². The third kappa shape index (κ3) is 5.15. The number of nitrogens with one attached hydrogen (secondary N) is 2. The van der Waals surface area contributed by atoms with Crippen LogP contribution in [0, 0.1) is 0 Å². The molecule has 11 heteroatoms. The number of fused-ring (bicyclic) bond motifs is 1. The Morgan fingerprint density at radius 1 is 0.971 bits per heavy atom. The maximum Gasteiger partial charge on any atom is 1.00 e. The van der Waals surface area contributed by atoms with E-state index in [1.807, 2.05) is 20.8 Å². The second-order valence-corrected chi connectivity index (χ2v) is 11.9. The zero-order valence-electron chi connectivity index (χ0n) is 19.8. The molecule has 0 saturated carbocycles. The molecule has 3 aliphatic rings. The molecule has 8 nitrogen and oxygen atoms in total. The first-order valence-electron chi connectivity index (χ1n) is 10.8. The van der Waals surface area contributed by atoms with Crippen LogP contribution in [0.15, 0.2) is 51.9 Å². The number of quaternary nitrogens is 1. The molecule has 2 aromatic rings. The van der Waals surface area contributed by atoms with Gasteiger partial charge in [0.2, 0.25) is 0 Å². The fourth-order valence-corrected chi connectivity index (χ4v) is 6.14. The molecule has 1 atom stereocenters. The van der Waals surface area contributed by atoms with Crippen molar-refractivity contribution in [2.75, 3.05) is 18.4 Å². The van der Waals surface area contributed by atoms with E-state index in [1.165, 1.54) is 23.1 Å². The number of allylic oxidation sites excluding steroid dienone is 1. The van der Waals surface area contributed by atoms with Crippen molar-refractivity contribution < 1.29 is 60.4 Å². The number of anilines is 1. The topological polar surface area (TPSA) is 131 Å². The van der Waals surface area contributed by atoms with Crippen LogP contribution in [0.4, 0.5) is 11.4 Å². The standard InChI is InChI=1S/C14H17NO3S.C9H11NO3S.Na/c1-9-8-15-7-6-10-4-5-11(19(16,17)18)12(13(10)15)14(9,2)3;11-14(12,13)8-4-3-7-2-1-5-10-9(7)6-8;/h4-5,8H,6-7H2,1-3H3,(H,16,17,18);3-4,6,10H,1-2,5H2,(H,11,12,13);/q;;+1/p-1. The fraction of sp³-hybridized carbons (Fsp3) is 0.391. The normalized spacial score (nSPS) is 19.9. The van der Waals surface area contributed by atoms with Gasteiger partial charge in [-0.1, -0.05) is 26.0 Å². The molecule has 34 heavy (non-hydrogen) atoms. The number of rotatable bonds is 2. The minimum absolute atomic E-state index is 0. The summed E-state index contributed by atoms with van der Waals surface area (Å²) in [6, 6.07) is 7.76. The molecular weight excluding hydrogens is 487 g/mol. The summed E-state index contributed by atoms with van der Waals surface area (Å²) >= 11 is 0. The van der Waals surface area contributed by atoms with Gasteiger partial charge in [-0.2, -0.15) is 0 Å². The van der Waals surface area contributed by atoms with Crippen LogP contribution in [0.3, 0.4) is 0 Å². The first-order valence-corrected chi connectivity index (χ1v) is 13.6. The molecule has 5 rings (SSSR count). The molecule has 3 aliphatic heterocycles. The van der Waals surface area contributed by atoms with E-state index < -0.39 is 25.7 Å². The Kier molecular flexibility index (Phi) is 7.77. The number of aryl methyl sites for hydroxylation is 1. The molecule has 3 heterocycles. The van der Waals surface area contributed by atoms with Crippen LogP contribution in [0.5, 0.6) is 0 Å². The van der Waals surface area contributed by atoms with Crippen LogP contribution in [-0.4, -0.2) is 39.0 Å². The van der Waals surface area contributed by atoms with E-state index in [9.17, 15) is 25.9 Å². The van der Waals surface area contributed by atoms with Crippen LogP contribution in [0.25, 0.3) is 0 Å². The van der Waals surface area contributed by atoms with Crippen LogP contribution in [0.1, 0.15) is 43.9 Å². The van der Waals surface area contributed by atoms with Gasteiger partial charge < -0.3 is 14.4 Å². The Balaban J connectivity index is 0.000000193. The molecule has 1 unspecified atom stereocenters. The third-order valence-corrected chi connectivity index (χ3v) is 8.53. The van der Waals surface area contributed by atoms with Gasteiger partial charge in [-0.3, -0.25) is 4.90 Å². The van der Waals surface area contributed by atoms with Gasteiger partial charge in [0.25, 0.3) is 0 Å². The Hall–Kier alpha value is -1.24. The van der Waals surface area contributed by atoms with Crippen molar-refractivity contribution in [2.24, 2.45) is 0 Å². The molecule has 0 aromatic heterocycles. The van der Waals surface area contributed by atoms with Crippen LogP contribution in [0.2, 0.25) is 0 Å². The monoisotopic (exact) mass is 514 g/mol. The van der Waals surface area contributed by atoms with Crippen molar-refractivity contribution in [1.82, 2.24) is 0 Å². The second-order valence-electron chi connectivity index (χ2n) is 9.21. The molecule has 2 N–H and O–H groups in total. The summed E-state index contributed by atoms with van der Waals surface area (Å²) in [6.07, 6.45) is 5.05. The van der Waals surface area contributed by atoms with E-state index in [-0.39, 0.29) is 39.3 Å². The minimum Gasteiger partial charge on any atom is -0.744 e. The van der Waals surface area contributed by atoms with Crippen molar-refractivity contribution in [3.63, 3.8) is 0 Å². The van der Waals surface area contributed by atoms with Crippen LogP contribution < -0.4 is 39.8 Å². The quantitative estimate of drug-likeness (QED) is 0.381. The van der Waals surface area contributed by atoms with E-state index in [0.29, 0.717) is 5.56 Å². The van der Waals surface area contributed by atoms with E-state index >= 15 is 0 Å². The summed E-state index contributed by atoms with van der Waals surface area (Å²) in [4.78, 5) is 0.959. The van der Waals surface area contributed by atoms with Gasteiger partial charge in [-0.05, 0) is 49.1 Å². The maximum atomic E-state index is 11.6. The Morgan fingerprint density at radius 2 is 1.65 bits per heavy atom. The predicted molar refractivity (Wildman–Crippen MR) is 122 cm³/mol. The van der Waals surface area contributed by atoms with Gasteiger partial charge in [-0.15, -0.1) is 0 Å². The molecule has 0 aliphatic carbocycles. The van der Waals surface area contributed by atoms with Gasteiger partial charge in [0.1, 0.15) is 25.9 Å². The molecule has 0 amide bonds. The van der Waals surface area contributed by atoms with E-state index in [2.05, 4.69) is 11.5 Å². The van der Waals surface area contributed by atoms with Crippen molar-refractivity contribution in [2.45, 2.75) is 55.2 Å². The Bertz CT molecular complexity index is 1370. The average Bonchev–Trinajstić information content (AvgIpc) is 3.14. The third-order valence-electron chi connectivity index (χ3n) is 6.82. The summed E-state index contributed by atoms with van der Waals surface area (Å²) < 4.78 is 66.9. The summed E-state index contributed by atoms with van der Waals surface area (Å²) in [5.74, 6) is 0. The maximum absolute atomic E-state index is 11.6. The van der Waals surface area contributed by atoms with Crippen molar-refractivity contribution >= 4 is 31.6 Å². The summed E-state index contributed by atoms with van der Waals surface area (Å²) in [5.41, 5.74) is 5.41. The van der Waals surface area contributed by atoms with Gasteiger partial charge in [0.15, 0.2) is 0 Å².